The topological polar surface area (TPSA) is 41.1 Å². The summed E-state index contributed by atoms with van der Waals surface area (Å²) in [6.45, 7) is 6.11. The Balaban J connectivity index is 2.18. The zero-order valence-corrected chi connectivity index (χ0v) is 8.60. The minimum Gasteiger partial charge on any atom is -0.354 e. The summed E-state index contributed by atoms with van der Waals surface area (Å²) >= 11 is 0. The summed E-state index contributed by atoms with van der Waals surface area (Å²) in [5.74, 6) is 0.746. The molecule has 0 unspecified atom stereocenters. The van der Waals surface area contributed by atoms with Gasteiger partial charge in [0.1, 0.15) is 0 Å². The zero-order valence-electron chi connectivity index (χ0n) is 8.60. The third-order valence-corrected chi connectivity index (χ3v) is 2.32. The fourth-order valence-corrected chi connectivity index (χ4v) is 1.74. The third-order valence-electron chi connectivity index (χ3n) is 2.32. The Morgan fingerprint density at radius 3 is 2.92 bits per heavy atom. The molecule has 0 bridgehead atoms. The molecule has 0 aromatic rings. The van der Waals surface area contributed by atoms with Gasteiger partial charge in [-0.2, -0.15) is 0 Å². The first-order valence-electron chi connectivity index (χ1n) is 5.18. The first kappa shape index (κ1) is 10.5. The maximum Gasteiger partial charge on any atom is 0.220 e. The summed E-state index contributed by atoms with van der Waals surface area (Å²) in [5, 5.41) is 6.24. The van der Waals surface area contributed by atoms with E-state index in [2.05, 4.69) is 10.6 Å². The second-order valence-electron chi connectivity index (χ2n) is 4.14. The van der Waals surface area contributed by atoms with E-state index in [1.165, 1.54) is 12.8 Å². The van der Waals surface area contributed by atoms with Crippen molar-refractivity contribution in [2.75, 3.05) is 13.1 Å². The molecule has 0 radical (unpaired) electrons. The molecule has 0 aromatic heterocycles. The number of hydrogen-bond donors (Lipinski definition) is 2. The van der Waals surface area contributed by atoms with Gasteiger partial charge in [0.05, 0.1) is 0 Å². The SMILES string of the molecule is CC(C)NC(=O)C[C@@H]1CCCNC1. The fourth-order valence-electron chi connectivity index (χ4n) is 1.74. The van der Waals surface area contributed by atoms with Crippen LogP contribution in [0.4, 0.5) is 0 Å². The molecule has 1 saturated heterocycles. The molecule has 0 spiro atoms. The molecule has 2 N–H and O–H groups in total. The largest absolute Gasteiger partial charge is 0.354 e. The van der Waals surface area contributed by atoms with E-state index >= 15 is 0 Å². The third kappa shape index (κ3) is 4.27. The molecule has 3 heteroatoms. The summed E-state index contributed by atoms with van der Waals surface area (Å²) in [4.78, 5) is 11.4. The van der Waals surface area contributed by atoms with Crippen LogP contribution < -0.4 is 10.6 Å². The summed E-state index contributed by atoms with van der Waals surface area (Å²) in [6, 6.07) is 0.268. The molecule has 0 aliphatic carbocycles. The number of carbonyl (C=O) groups is 1. The Morgan fingerprint density at radius 1 is 1.62 bits per heavy atom. The molecule has 76 valence electrons. The predicted molar refractivity (Wildman–Crippen MR) is 53.5 cm³/mol. The molecular weight excluding hydrogens is 164 g/mol. The lowest BCUT2D eigenvalue weighted by Crippen LogP contribution is -2.36. The van der Waals surface area contributed by atoms with Gasteiger partial charge in [-0.05, 0) is 45.7 Å². The Hall–Kier alpha value is -0.570. The van der Waals surface area contributed by atoms with Gasteiger partial charge in [-0.3, -0.25) is 4.79 Å². The smallest absolute Gasteiger partial charge is 0.220 e. The molecule has 3 nitrogen and oxygen atoms in total. The second-order valence-corrected chi connectivity index (χ2v) is 4.14. The first-order chi connectivity index (χ1) is 6.18. The van der Waals surface area contributed by atoms with Gasteiger partial charge >= 0.3 is 0 Å². The predicted octanol–water partition coefficient (Wildman–Crippen LogP) is 0.901. The molecule has 0 saturated carbocycles. The molecule has 1 atom stereocenters. The van der Waals surface area contributed by atoms with Crippen LogP contribution in [-0.4, -0.2) is 25.0 Å². The van der Waals surface area contributed by atoms with Gasteiger partial charge in [-0.15, -0.1) is 0 Å². The van der Waals surface area contributed by atoms with Gasteiger partial charge in [0, 0.05) is 12.5 Å². The summed E-state index contributed by atoms with van der Waals surface area (Å²) < 4.78 is 0. The van der Waals surface area contributed by atoms with Gasteiger partial charge in [0.2, 0.25) is 5.91 Å². The quantitative estimate of drug-likeness (QED) is 0.684. The van der Waals surface area contributed by atoms with Gasteiger partial charge in [0.25, 0.3) is 0 Å². The first-order valence-corrected chi connectivity index (χ1v) is 5.18. The van der Waals surface area contributed by atoms with Crippen LogP contribution in [0, 0.1) is 5.92 Å². The van der Waals surface area contributed by atoms with Gasteiger partial charge < -0.3 is 10.6 Å². The molecule has 1 fully saturated rings. The van der Waals surface area contributed by atoms with Crippen molar-refractivity contribution in [3.63, 3.8) is 0 Å². The van der Waals surface area contributed by atoms with Crippen molar-refractivity contribution in [1.82, 2.24) is 10.6 Å². The highest BCUT2D eigenvalue weighted by Crippen LogP contribution is 2.13. The fraction of sp³-hybridized carbons (Fsp3) is 0.900. The lowest BCUT2D eigenvalue weighted by Gasteiger charge is -2.22. The van der Waals surface area contributed by atoms with Crippen LogP contribution in [-0.2, 0) is 4.79 Å². The number of rotatable bonds is 3. The van der Waals surface area contributed by atoms with E-state index in [1.54, 1.807) is 0 Å². The van der Waals surface area contributed by atoms with Gasteiger partial charge in [0.15, 0.2) is 0 Å². The van der Waals surface area contributed by atoms with E-state index in [9.17, 15) is 4.79 Å². The van der Waals surface area contributed by atoms with Crippen molar-refractivity contribution in [2.45, 2.75) is 39.2 Å². The van der Waals surface area contributed by atoms with Crippen LogP contribution in [0.15, 0.2) is 0 Å². The average Bonchev–Trinajstić information content (AvgIpc) is 2.04. The Kier molecular flexibility index (Phi) is 4.22. The van der Waals surface area contributed by atoms with E-state index in [1.807, 2.05) is 13.8 Å². The molecule has 1 aliphatic rings. The molecule has 1 heterocycles. The van der Waals surface area contributed by atoms with Gasteiger partial charge in [-0.1, -0.05) is 0 Å². The minimum absolute atomic E-state index is 0.198. The second kappa shape index (κ2) is 5.22. The number of nitrogens with one attached hydrogen (secondary N) is 2. The minimum atomic E-state index is 0.198. The van der Waals surface area contributed by atoms with Crippen LogP contribution in [0.25, 0.3) is 0 Å². The van der Waals surface area contributed by atoms with E-state index < -0.39 is 0 Å². The van der Waals surface area contributed by atoms with Crippen LogP contribution in [0.3, 0.4) is 0 Å². The van der Waals surface area contributed by atoms with Crippen molar-refractivity contribution >= 4 is 5.91 Å². The van der Waals surface area contributed by atoms with E-state index in [0.717, 1.165) is 13.1 Å². The summed E-state index contributed by atoms with van der Waals surface area (Å²) in [6.07, 6.45) is 3.09. The monoisotopic (exact) mass is 184 g/mol. The highest BCUT2D eigenvalue weighted by atomic mass is 16.1. The van der Waals surface area contributed by atoms with E-state index in [0.29, 0.717) is 12.3 Å². The Bertz CT molecular complexity index is 162. The van der Waals surface area contributed by atoms with Crippen molar-refractivity contribution in [3.05, 3.63) is 0 Å². The molecular formula is C10H20N2O. The Morgan fingerprint density at radius 2 is 2.38 bits per heavy atom. The van der Waals surface area contributed by atoms with Crippen molar-refractivity contribution in [2.24, 2.45) is 5.92 Å². The lowest BCUT2D eigenvalue weighted by atomic mass is 9.96. The zero-order chi connectivity index (χ0) is 9.68. The summed E-state index contributed by atoms with van der Waals surface area (Å²) in [5.41, 5.74) is 0. The molecule has 1 rings (SSSR count). The van der Waals surface area contributed by atoms with Crippen LogP contribution in [0.5, 0.6) is 0 Å². The molecule has 13 heavy (non-hydrogen) atoms. The molecule has 1 aliphatic heterocycles. The maximum atomic E-state index is 11.4. The number of piperidine rings is 1. The van der Waals surface area contributed by atoms with Crippen LogP contribution in [0.1, 0.15) is 33.1 Å². The van der Waals surface area contributed by atoms with E-state index in [4.69, 9.17) is 0 Å². The van der Waals surface area contributed by atoms with Crippen molar-refractivity contribution < 1.29 is 4.79 Å². The van der Waals surface area contributed by atoms with Crippen molar-refractivity contribution in [1.29, 1.82) is 0 Å². The summed E-state index contributed by atoms with van der Waals surface area (Å²) in [7, 11) is 0. The Labute approximate surface area is 80.3 Å². The van der Waals surface area contributed by atoms with Crippen molar-refractivity contribution in [3.8, 4) is 0 Å². The lowest BCUT2D eigenvalue weighted by molar-refractivity contribution is -0.122. The highest BCUT2D eigenvalue weighted by Gasteiger charge is 2.16. The number of hydrogen-bond acceptors (Lipinski definition) is 2. The van der Waals surface area contributed by atoms with Crippen LogP contribution in [0.2, 0.25) is 0 Å². The standard InChI is InChI=1S/C10H20N2O/c1-8(2)12-10(13)6-9-4-3-5-11-7-9/h8-9,11H,3-7H2,1-2H3,(H,12,13)/t9-/m0/s1. The highest BCUT2D eigenvalue weighted by molar-refractivity contribution is 5.76. The molecule has 1 amide bonds. The number of amides is 1. The van der Waals surface area contributed by atoms with Crippen LogP contribution >= 0.6 is 0 Å². The van der Waals surface area contributed by atoms with E-state index in [-0.39, 0.29) is 11.9 Å². The number of carbonyl (C=O) groups excluding carboxylic acids is 1. The maximum absolute atomic E-state index is 11.4. The normalized spacial score (nSPS) is 23.2. The average molecular weight is 184 g/mol. The molecule has 0 aromatic carbocycles. The van der Waals surface area contributed by atoms with Gasteiger partial charge in [-0.25, -0.2) is 0 Å².